The fraction of sp³-hybridized carbons (Fsp3) is 0.111. The van der Waals surface area contributed by atoms with Crippen molar-refractivity contribution in [2.45, 2.75) is 6.42 Å². The normalized spacial score (nSPS) is 16.1. The molecule has 0 saturated carbocycles. The Hall–Kier alpha value is -1.07. The van der Waals surface area contributed by atoms with E-state index in [4.69, 9.17) is 0 Å². The number of hydrogen-bond acceptors (Lipinski definition) is 4. The third-order valence-electron chi connectivity index (χ3n) is 3.68. The first-order chi connectivity index (χ1) is 12.0. The molecule has 1 saturated heterocycles. The molecule has 0 atom stereocenters. The van der Waals surface area contributed by atoms with Gasteiger partial charge in [-0.1, -0.05) is 30.3 Å². The van der Waals surface area contributed by atoms with E-state index in [-0.39, 0.29) is 16.9 Å². The second-order valence-electron chi connectivity index (χ2n) is 5.40. The lowest BCUT2D eigenvalue weighted by Crippen LogP contribution is -2.30. The van der Waals surface area contributed by atoms with Gasteiger partial charge in [0.2, 0.25) is 0 Å². The number of phenolic OH excluding ortho intramolecular Hbond substituents is 1. The first kappa shape index (κ1) is 18.7. The van der Waals surface area contributed by atoms with E-state index in [2.05, 4.69) is 0 Å². The summed E-state index contributed by atoms with van der Waals surface area (Å²) >= 11 is 5.04. The number of imide groups is 1. The Labute approximate surface area is 177 Å². The average Bonchev–Trinajstić information content (AvgIpc) is 2.85. The fourth-order valence-corrected chi connectivity index (χ4v) is 5.08. The van der Waals surface area contributed by atoms with Gasteiger partial charge in [0, 0.05) is 6.54 Å². The highest BCUT2D eigenvalue weighted by atomic mass is 127. The zero-order chi connectivity index (χ0) is 18.0. The number of carbonyl (C=O) groups is 2. The monoisotopic (exact) mass is 577 g/mol. The molecule has 4 nitrogen and oxygen atoms in total. The number of thioether (sulfide) groups is 1. The highest BCUT2D eigenvalue weighted by Gasteiger charge is 2.34. The summed E-state index contributed by atoms with van der Waals surface area (Å²) in [6.07, 6.45) is 2.35. The molecule has 0 unspecified atom stereocenters. The van der Waals surface area contributed by atoms with Crippen molar-refractivity contribution >= 4 is 74.2 Å². The van der Waals surface area contributed by atoms with Crippen LogP contribution in [0, 0.1) is 7.14 Å². The number of phenols is 1. The van der Waals surface area contributed by atoms with Crippen molar-refractivity contribution in [3.05, 3.63) is 65.6 Å². The molecular formula is C18H13I2NO3S. The highest BCUT2D eigenvalue weighted by Crippen LogP contribution is 2.34. The standard InChI is InChI=1S/C18H13I2NO3S/c19-13-8-12(9-14(20)16(13)22)10-15-17(23)21(18(24)25-15)7-6-11-4-2-1-3-5-11/h1-5,8-10,22H,6-7H2/b15-10+. The van der Waals surface area contributed by atoms with Crippen molar-refractivity contribution in [2.75, 3.05) is 6.54 Å². The van der Waals surface area contributed by atoms with Crippen LogP contribution in [0.15, 0.2) is 47.4 Å². The predicted molar refractivity (Wildman–Crippen MR) is 116 cm³/mol. The van der Waals surface area contributed by atoms with Gasteiger partial charge >= 0.3 is 0 Å². The van der Waals surface area contributed by atoms with Gasteiger partial charge < -0.3 is 5.11 Å². The van der Waals surface area contributed by atoms with Crippen molar-refractivity contribution in [3.63, 3.8) is 0 Å². The van der Waals surface area contributed by atoms with Crippen LogP contribution in [0.4, 0.5) is 4.79 Å². The van der Waals surface area contributed by atoms with E-state index in [1.807, 2.05) is 75.5 Å². The minimum Gasteiger partial charge on any atom is -0.506 e. The molecule has 3 rings (SSSR count). The molecule has 0 bridgehead atoms. The molecular weight excluding hydrogens is 564 g/mol. The van der Waals surface area contributed by atoms with Crippen molar-refractivity contribution in [2.24, 2.45) is 0 Å². The Bertz CT molecular complexity index is 845. The summed E-state index contributed by atoms with van der Waals surface area (Å²) in [6, 6.07) is 13.4. The van der Waals surface area contributed by atoms with E-state index in [1.165, 1.54) is 4.90 Å². The molecule has 1 heterocycles. The Morgan fingerprint density at radius 1 is 1.08 bits per heavy atom. The molecule has 1 N–H and O–H groups in total. The molecule has 0 aromatic heterocycles. The van der Waals surface area contributed by atoms with Crippen LogP contribution < -0.4 is 0 Å². The quantitative estimate of drug-likeness (QED) is 0.416. The van der Waals surface area contributed by atoms with E-state index < -0.39 is 0 Å². The first-order valence-electron chi connectivity index (χ1n) is 7.43. The second kappa shape index (κ2) is 8.09. The molecule has 1 aliphatic heterocycles. The lowest BCUT2D eigenvalue weighted by atomic mass is 10.1. The van der Waals surface area contributed by atoms with Crippen molar-refractivity contribution in [1.82, 2.24) is 4.90 Å². The van der Waals surface area contributed by atoms with E-state index in [0.29, 0.717) is 25.0 Å². The van der Waals surface area contributed by atoms with Gasteiger partial charge in [0.1, 0.15) is 5.75 Å². The minimum absolute atomic E-state index is 0.231. The molecule has 128 valence electrons. The number of halogens is 2. The predicted octanol–water partition coefficient (Wildman–Crippen LogP) is 4.88. The van der Waals surface area contributed by atoms with Crippen LogP contribution >= 0.6 is 56.9 Å². The van der Waals surface area contributed by atoms with Gasteiger partial charge in [-0.3, -0.25) is 14.5 Å². The molecule has 2 aromatic carbocycles. The van der Waals surface area contributed by atoms with Gasteiger partial charge in [-0.05, 0) is 92.7 Å². The molecule has 0 aliphatic carbocycles. The Morgan fingerprint density at radius 3 is 2.36 bits per heavy atom. The van der Waals surface area contributed by atoms with Gasteiger partial charge in [0.05, 0.1) is 12.0 Å². The van der Waals surface area contributed by atoms with E-state index >= 15 is 0 Å². The third kappa shape index (κ3) is 4.37. The van der Waals surface area contributed by atoms with E-state index in [0.717, 1.165) is 22.9 Å². The number of hydrogen-bond donors (Lipinski definition) is 1. The van der Waals surface area contributed by atoms with Crippen LogP contribution in [0.25, 0.3) is 6.08 Å². The van der Waals surface area contributed by atoms with Gasteiger partial charge in [-0.25, -0.2) is 0 Å². The van der Waals surface area contributed by atoms with Gasteiger partial charge in [-0.15, -0.1) is 0 Å². The summed E-state index contributed by atoms with van der Waals surface area (Å²) in [5, 5.41) is 9.60. The zero-order valence-corrected chi connectivity index (χ0v) is 18.0. The number of carbonyl (C=O) groups excluding carboxylic acids is 2. The maximum absolute atomic E-state index is 12.5. The smallest absolute Gasteiger partial charge is 0.293 e. The molecule has 0 radical (unpaired) electrons. The van der Waals surface area contributed by atoms with Gasteiger partial charge in [-0.2, -0.15) is 0 Å². The van der Waals surface area contributed by atoms with E-state index in [9.17, 15) is 14.7 Å². The molecule has 7 heteroatoms. The van der Waals surface area contributed by atoms with Crippen molar-refractivity contribution in [1.29, 1.82) is 0 Å². The lowest BCUT2D eigenvalue weighted by Gasteiger charge is -2.12. The SMILES string of the molecule is O=C1S/C(=C/c2cc(I)c(O)c(I)c2)C(=O)N1CCc1ccccc1. The summed E-state index contributed by atoms with van der Waals surface area (Å²) in [5.41, 5.74) is 1.88. The van der Waals surface area contributed by atoms with Crippen LogP contribution in [0.3, 0.4) is 0 Å². The summed E-state index contributed by atoms with van der Waals surface area (Å²) in [4.78, 5) is 26.4. The van der Waals surface area contributed by atoms with Crippen molar-refractivity contribution in [3.8, 4) is 5.75 Å². The number of aromatic hydroxyl groups is 1. The Balaban J connectivity index is 1.76. The third-order valence-corrected chi connectivity index (χ3v) is 6.23. The largest absolute Gasteiger partial charge is 0.506 e. The molecule has 2 aromatic rings. The maximum Gasteiger partial charge on any atom is 0.293 e. The zero-order valence-electron chi connectivity index (χ0n) is 12.9. The molecule has 25 heavy (non-hydrogen) atoms. The number of rotatable bonds is 4. The average molecular weight is 577 g/mol. The Morgan fingerprint density at radius 2 is 1.72 bits per heavy atom. The molecule has 1 aliphatic rings. The maximum atomic E-state index is 12.5. The summed E-state index contributed by atoms with van der Waals surface area (Å²) in [6.45, 7) is 0.372. The number of nitrogens with zero attached hydrogens (tertiary/aromatic N) is 1. The number of benzene rings is 2. The topological polar surface area (TPSA) is 57.6 Å². The Kier molecular flexibility index (Phi) is 6.05. The molecule has 2 amide bonds. The molecule has 1 fully saturated rings. The molecule has 0 spiro atoms. The van der Waals surface area contributed by atoms with Crippen LogP contribution in [-0.4, -0.2) is 27.7 Å². The van der Waals surface area contributed by atoms with Crippen LogP contribution in [-0.2, 0) is 11.2 Å². The van der Waals surface area contributed by atoms with Crippen LogP contribution in [0.1, 0.15) is 11.1 Å². The van der Waals surface area contributed by atoms with Crippen LogP contribution in [0.5, 0.6) is 5.75 Å². The van der Waals surface area contributed by atoms with Crippen LogP contribution in [0.2, 0.25) is 0 Å². The summed E-state index contributed by atoms with van der Waals surface area (Å²) in [7, 11) is 0. The van der Waals surface area contributed by atoms with Gasteiger partial charge in [0.25, 0.3) is 11.1 Å². The van der Waals surface area contributed by atoms with Gasteiger partial charge in [0.15, 0.2) is 0 Å². The van der Waals surface area contributed by atoms with Crippen molar-refractivity contribution < 1.29 is 14.7 Å². The first-order valence-corrected chi connectivity index (χ1v) is 10.4. The summed E-state index contributed by atoms with van der Waals surface area (Å²) in [5.74, 6) is -0.0293. The highest BCUT2D eigenvalue weighted by molar-refractivity contribution is 14.1. The minimum atomic E-state index is -0.260. The fourth-order valence-electron chi connectivity index (χ4n) is 2.40. The number of amides is 2. The van der Waals surface area contributed by atoms with E-state index in [1.54, 1.807) is 18.2 Å². The summed E-state index contributed by atoms with van der Waals surface area (Å²) < 4.78 is 1.41. The second-order valence-corrected chi connectivity index (χ2v) is 8.72. The lowest BCUT2D eigenvalue weighted by molar-refractivity contribution is -0.122.